The van der Waals surface area contributed by atoms with Gasteiger partial charge in [0.15, 0.2) is 0 Å². The second-order valence-corrected chi connectivity index (χ2v) is 7.66. The highest BCUT2D eigenvalue weighted by atomic mass is 35.5. The molecule has 1 heterocycles. The second kappa shape index (κ2) is 8.37. The molecule has 2 atom stereocenters. The van der Waals surface area contributed by atoms with E-state index < -0.39 is 0 Å². The summed E-state index contributed by atoms with van der Waals surface area (Å²) in [4.78, 5) is 0. The van der Waals surface area contributed by atoms with E-state index in [1.54, 1.807) is 25.3 Å². The van der Waals surface area contributed by atoms with Gasteiger partial charge in [-0.1, -0.05) is 35.3 Å². The van der Waals surface area contributed by atoms with Gasteiger partial charge in [-0.25, -0.2) is 0 Å². The van der Waals surface area contributed by atoms with Crippen LogP contribution in [0.4, 0.5) is 0 Å². The predicted molar refractivity (Wildman–Crippen MR) is 117 cm³/mol. The zero-order valence-electron chi connectivity index (χ0n) is 15.7. The van der Waals surface area contributed by atoms with Crippen LogP contribution in [0.15, 0.2) is 72.8 Å². The molecular weight excluding hydrogens is 407 g/mol. The highest BCUT2D eigenvalue weighted by molar-refractivity contribution is 6.31. The molecule has 29 heavy (non-hydrogen) atoms. The fourth-order valence-corrected chi connectivity index (χ4v) is 3.79. The first-order valence-corrected chi connectivity index (χ1v) is 9.92. The zero-order chi connectivity index (χ0) is 20.4. The fourth-order valence-electron chi connectivity index (χ4n) is 3.41. The van der Waals surface area contributed by atoms with Gasteiger partial charge in [0.25, 0.3) is 0 Å². The minimum Gasteiger partial charge on any atom is -0.508 e. The zero-order valence-corrected chi connectivity index (χ0v) is 17.2. The van der Waals surface area contributed by atoms with Crippen molar-refractivity contribution in [1.82, 2.24) is 10.6 Å². The Labute approximate surface area is 179 Å². The molecule has 148 valence electrons. The topological polar surface area (TPSA) is 53.5 Å². The number of methoxy groups -OCH3 is 1. The van der Waals surface area contributed by atoms with Crippen molar-refractivity contribution in [3.8, 4) is 11.5 Å². The van der Waals surface area contributed by atoms with Crippen molar-refractivity contribution in [3.63, 3.8) is 0 Å². The van der Waals surface area contributed by atoms with E-state index in [1.807, 2.05) is 54.6 Å². The molecule has 3 aromatic carbocycles. The summed E-state index contributed by atoms with van der Waals surface area (Å²) < 4.78 is 5.26. The van der Waals surface area contributed by atoms with Gasteiger partial charge in [-0.05, 0) is 71.8 Å². The first kappa shape index (κ1) is 19.6. The Kier molecular flexibility index (Phi) is 5.67. The van der Waals surface area contributed by atoms with Gasteiger partial charge in [0, 0.05) is 21.3 Å². The van der Waals surface area contributed by atoms with Crippen LogP contribution in [0.3, 0.4) is 0 Å². The highest BCUT2D eigenvalue weighted by Gasteiger charge is 2.26. The number of phenolic OH excluding ortho intramolecular Hbond substituents is 1. The number of benzene rings is 3. The molecule has 0 saturated heterocycles. The first-order chi connectivity index (χ1) is 14.0. The first-order valence-electron chi connectivity index (χ1n) is 9.16. The summed E-state index contributed by atoms with van der Waals surface area (Å²) in [5.74, 6) is 0.975. The number of nitrogens with one attached hydrogen (secondary N) is 2. The van der Waals surface area contributed by atoms with Gasteiger partial charge in [-0.3, -0.25) is 5.32 Å². The van der Waals surface area contributed by atoms with Crippen LogP contribution >= 0.6 is 23.2 Å². The van der Waals surface area contributed by atoms with E-state index in [1.165, 1.54) is 0 Å². The smallest absolute Gasteiger partial charge is 0.120 e. The summed E-state index contributed by atoms with van der Waals surface area (Å²) in [6, 6.07) is 20.3. The number of phenols is 1. The van der Waals surface area contributed by atoms with Crippen molar-refractivity contribution in [2.24, 2.45) is 0 Å². The minimum absolute atomic E-state index is 0.184. The van der Waals surface area contributed by atoms with E-state index in [0.29, 0.717) is 15.6 Å². The van der Waals surface area contributed by atoms with E-state index >= 15 is 0 Å². The van der Waals surface area contributed by atoms with Gasteiger partial charge in [-0.2, -0.15) is 0 Å². The van der Waals surface area contributed by atoms with Crippen LogP contribution in [0.1, 0.15) is 28.9 Å². The monoisotopic (exact) mass is 426 g/mol. The largest absolute Gasteiger partial charge is 0.508 e. The Hall–Kier alpha value is -2.66. The van der Waals surface area contributed by atoms with E-state index in [0.717, 1.165) is 22.6 Å². The fraction of sp³-hybridized carbons (Fsp3) is 0.130. The van der Waals surface area contributed by atoms with Gasteiger partial charge in [0.05, 0.1) is 13.2 Å². The maximum absolute atomic E-state index is 10.4. The highest BCUT2D eigenvalue weighted by Crippen LogP contribution is 2.35. The molecule has 3 N–H and O–H groups in total. The van der Waals surface area contributed by atoms with Crippen molar-refractivity contribution >= 4 is 28.9 Å². The Morgan fingerprint density at radius 1 is 0.931 bits per heavy atom. The van der Waals surface area contributed by atoms with Crippen LogP contribution in [0.25, 0.3) is 5.70 Å². The van der Waals surface area contributed by atoms with Gasteiger partial charge >= 0.3 is 0 Å². The molecule has 1 aliphatic heterocycles. The third-order valence-corrected chi connectivity index (χ3v) is 5.36. The van der Waals surface area contributed by atoms with Gasteiger partial charge in [0.2, 0.25) is 0 Å². The number of aromatic hydroxyl groups is 1. The molecule has 0 bridgehead atoms. The minimum atomic E-state index is -0.254. The Balaban J connectivity index is 1.76. The Morgan fingerprint density at radius 3 is 2.41 bits per heavy atom. The van der Waals surface area contributed by atoms with Crippen molar-refractivity contribution in [2.45, 2.75) is 12.2 Å². The Bertz CT molecular complexity index is 1050. The average Bonchev–Trinajstić information content (AvgIpc) is 2.75. The molecule has 3 aromatic rings. The maximum atomic E-state index is 10.4. The van der Waals surface area contributed by atoms with Crippen molar-refractivity contribution in [1.29, 1.82) is 0 Å². The molecule has 2 unspecified atom stereocenters. The van der Waals surface area contributed by atoms with Crippen LogP contribution in [0, 0.1) is 0 Å². The standard InChI is InChI=1S/C23H20Cl2N2O2/c1-29-18-8-5-14(6-9-18)20-13-21(19-12-17(25)7-10-22(19)28)27-23(26-20)15-3-2-4-16(24)11-15/h2-13,21,23,26-28H,1H3. The lowest BCUT2D eigenvalue weighted by atomic mass is 9.98. The summed E-state index contributed by atoms with van der Waals surface area (Å²) in [5, 5.41) is 18.7. The molecule has 0 radical (unpaired) electrons. The summed E-state index contributed by atoms with van der Waals surface area (Å²) in [6.45, 7) is 0. The lowest BCUT2D eigenvalue weighted by Crippen LogP contribution is -2.39. The van der Waals surface area contributed by atoms with E-state index in [-0.39, 0.29) is 18.0 Å². The lowest BCUT2D eigenvalue weighted by molar-refractivity contribution is 0.414. The lowest BCUT2D eigenvalue weighted by Gasteiger charge is -2.33. The van der Waals surface area contributed by atoms with Gasteiger partial charge < -0.3 is 15.2 Å². The molecule has 0 spiro atoms. The number of hydrogen-bond acceptors (Lipinski definition) is 4. The molecule has 0 aliphatic carbocycles. The normalized spacial score (nSPS) is 18.7. The molecule has 0 saturated carbocycles. The van der Waals surface area contributed by atoms with Crippen molar-refractivity contribution in [2.75, 3.05) is 7.11 Å². The van der Waals surface area contributed by atoms with Crippen LogP contribution in [-0.2, 0) is 0 Å². The number of hydrogen-bond donors (Lipinski definition) is 3. The summed E-state index contributed by atoms with van der Waals surface area (Å²) in [7, 11) is 1.64. The van der Waals surface area contributed by atoms with Crippen LogP contribution in [0.5, 0.6) is 11.5 Å². The predicted octanol–water partition coefficient (Wildman–Crippen LogP) is 5.68. The molecule has 1 aliphatic rings. The van der Waals surface area contributed by atoms with Crippen LogP contribution in [0.2, 0.25) is 10.0 Å². The molecule has 4 rings (SSSR count). The van der Waals surface area contributed by atoms with E-state index in [9.17, 15) is 5.11 Å². The van der Waals surface area contributed by atoms with Gasteiger partial charge in [-0.15, -0.1) is 0 Å². The van der Waals surface area contributed by atoms with E-state index in [4.69, 9.17) is 27.9 Å². The maximum Gasteiger partial charge on any atom is 0.120 e. The van der Waals surface area contributed by atoms with E-state index in [2.05, 4.69) is 10.6 Å². The van der Waals surface area contributed by atoms with Crippen LogP contribution < -0.4 is 15.4 Å². The second-order valence-electron chi connectivity index (χ2n) is 6.79. The number of halogens is 2. The van der Waals surface area contributed by atoms with Gasteiger partial charge in [0.1, 0.15) is 17.7 Å². The number of rotatable bonds is 4. The average molecular weight is 427 g/mol. The summed E-state index contributed by atoms with van der Waals surface area (Å²) in [6.07, 6.45) is 1.83. The quantitative estimate of drug-likeness (QED) is 0.502. The molecule has 0 amide bonds. The van der Waals surface area contributed by atoms with Crippen LogP contribution in [-0.4, -0.2) is 12.2 Å². The summed E-state index contributed by atoms with van der Waals surface area (Å²) >= 11 is 12.4. The Morgan fingerprint density at radius 2 is 1.69 bits per heavy atom. The third kappa shape index (κ3) is 4.35. The third-order valence-electron chi connectivity index (χ3n) is 4.89. The number of ether oxygens (including phenoxy) is 1. The summed E-state index contributed by atoms with van der Waals surface area (Å²) in [5.41, 5.74) is 3.63. The molecule has 4 nitrogen and oxygen atoms in total. The van der Waals surface area contributed by atoms with Crippen molar-refractivity contribution in [3.05, 3.63) is 99.5 Å². The van der Waals surface area contributed by atoms with Crippen molar-refractivity contribution < 1.29 is 9.84 Å². The molecular formula is C23H20Cl2N2O2. The SMILES string of the molecule is COc1ccc(C2=CC(c3cc(Cl)ccc3O)NC(c3cccc(Cl)c3)N2)cc1. The molecule has 6 heteroatoms. The molecule has 0 aromatic heterocycles. The molecule has 0 fully saturated rings.